The van der Waals surface area contributed by atoms with Gasteiger partial charge in [0.15, 0.2) is 0 Å². The minimum absolute atomic E-state index is 0.152. The van der Waals surface area contributed by atoms with E-state index in [1.165, 1.54) is 4.90 Å². The van der Waals surface area contributed by atoms with Gasteiger partial charge < -0.3 is 29.7 Å². The molecule has 2 aliphatic heterocycles. The van der Waals surface area contributed by atoms with Gasteiger partial charge in [-0.05, 0) is 82.6 Å². The summed E-state index contributed by atoms with van der Waals surface area (Å²) in [5, 5.41) is 15.1. The largest absolute Gasteiger partial charge is 0.497 e. The number of hydrogen-bond acceptors (Lipinski definition) is 9. The summed E-state index contributed by atoms with van der Waals surface area (Å²) in [5.74, 6) is -0.753. The number of aromatic nitrogens is 3. The highest BCUT2D eigenvalue weighted by Gasteiger charge is 2.62. The molecule has 0 radical (unpaired) electrons. The minimum atomic E-state index is -1.18. The Balaban J connectivity index is 1.27. The summed E-state index contributed by atoms with van der Waals surface area (Å²) in [6.45, 7) is 2.08. The van der Waals surface area contributed by atoms with Crippen molar-refractivity contribution in [1.82, 2.24) is 30.5 Å². The number of carbonyl (C=O) groups excluding carboxylic acids is 4. The van der Waals surface area contributed by atoms with Crippen molar-refractivity contribution in [2.75, 3.05) is 20.3 Å². The number of carbonyl (C=O) groups is 4. The fourth-order valence-corrected chi connectivity index (χ4v) is 7.17. The molecule has 4 aliphatic rings. The van der Waals surface area contributed by atoms with Crippen LogP contribution in [0, 0.1) is 5.92 Å². The Morgan fingerprint density at radius 1 is 1.06 bits per heavy atom. The first-order chi connectivity index (χ1) is 23.3. The predicted molar refractivity (Wildman–Crippen MR) is 175 cm³/mol. The molecule has 1 saturated heterocycles. The fraction of sp³-hybridized carbons (Fsp3) is 0.600. The average Bonchev–Trinajstić information content (AvgIpc) is 3.56. The van der Waals surface area contributed by atoms with Crippen molar-refractivity contribution >= 4 is 23.9 Å². The van der Waals surface area contributed by atoms with E-state index in [2.05, 4.69) is 21.8 Å². The van der Waals surface area contributed by atoms with Crippen molar-refractivity contribution in [3.8, 4) is 17.0 Å². The van der Waals surface area contributed by atoms with Crippen LogP contribution in [0.4, 0.5) is 4.79 Å². The first kappa shape index (κ1) is 33.5. The number of esters is 1. The molecule has 3 amide bonds. The van der Waals surface area contributed by atoms with Crippen LogP contribution < -0.4 is 15.4 Å². The molecule has 13 nitrogen and oxygen atoms in total. The summed E-state index contributed by atoms with van der Waals surface area (Å²) in [5.41, 5.74) is 0.309. The van der Waals surface area contributed by atoms with Crippen LogP contribution in [0.3, 0.4) is 0 Å². The first-order valence-corrected chi connectivity index (χ1v) is 17.3. The summed E-state index contributed by atoms with van der Waals surface area (Å²) >= 11 is 0. The molecule has 2 saturated carbocycles. The Morgan fingerprint density at radius 2 is 1.83 bits per heavy atom. The van der Waals surface area contributed by atoms with E-state index in [4.69, 9.17) is 19.3 Å². The molecule has 258 valence electrons. The molecule has 0 spiro atoms. The Hall–Kier alpha value is -4.42. The zero-order chi connectivity index (χ0) is 33.7. The Morgan fingerprint density at radius 3 is 2.58 bits per heavy atom. The van der Waals surface area contributed by atoms with E-state index in [1.54, 1.807) is 25.0 Å². The van der Waals surface area contributed by atoms with Gasteiger partial charge >= 0.3 is 12.1 Å². The van der Waals surface area contributed by atoms with Crippen LogP contribution in [-0.2, 0) is 23.9 Å². The van der Waals surface area contributed by atoms with Gasteiger partial charge in [0, 0.05) is 24.4 Å². The Bertz CT molecular complexity index is 1500. The van der Waals surface area contributed by atoms with Gasteiger partial charge in [-0.2, -0.15) is 15.0 Å². The lowest BCUT2D eigenvalue weighted by Gasteiger charge is -2.30. The zero-order valence-corrected chi connectivity index (χ0v) is 27.8. The number of rotatable bonds is 7. The molecule has 1 aromatic heterocycles. The number of fused-ring (bicyclic) bond motifs is 2. The van der Waals surface area contributed by atoms with Gasteiger partial charge in [0.1, 0.15) is 35.2 Å². The maximum absolute atomic E-state index is 14.4. The van der Waals surface area contributed by atoms with Crippen molar-refractivity contribution in [1.29, 1.82) is 0 Å². The molecule has 48 heavy (non-hydrogen) atoms. The van der Waals surface area contributed by atoms with Crippen molar-refractivity contribution in [2.45, 2.75) is 107 Å². The fourth-order valence-electron chi connectivity index (χ4n) is 7.17. The van der Waals surface area contributed by atoms with Crippen LogP contribution in [-0.4, -0.2) is 87.8 Å². The SMILES string of the molecule is CCOC(=O)[C@@]12C[C@H]1/C=C\CCCCC[C@H](NC(=O)OC1CCCC1)C(=O)N1C[C@H](n3ncc(-c4ccc(OC)cc4)n3)C[C@H]1C(=O)N2. The summed E-state index contributed by atoms with van der Waals surface area (Å²) < 4.78 is 16.3. The van der Waals surface area contributed by atoms with E-state index < -0.39 is 41.6 Å². The summed E-state index contributed by atoms with van der Waals surface area (Å²) in [6.07, 6.45) is 12.9. The number of benzene rings is 1. The van der Waals surface area contributed by atoms with Crippen LogP contribution in [0.15, 0.2) is 42.6 Å². The lowest BCUT2D eigenvalue weighted by atomic mass is 10.0. The number of methoxy groups -OCH3 is 1. The molecule has 13 heteroatoms. The van der Waals surface area contributed by atoms with Crippen LogP contribution in [0.25, 0.3) is 11.3 Å². The molecule has 2 aliphatic carbocycles. The van der Waals surface area contributed by atoms with Crippen molar-refractivity contribution < 1.29 is 33.4 Å². The highest BCUT2D eigenvalue weighted by atomic mass is 16.6. The number of ether oxygens (including phenoxy) is 3. The van der Waals surface area contributed by atoms with E-state index in [1.807, 2.05) is 30.3 Å². The van der Waals surface area contributed by atoms with Crippen molar-refractivity contribution in [2.24, 2.45) is 5.92 Å². The Kier molecular flexibility index (Phi) is 10.3. The smallest absolute Gasteiger partial charge is 0.408 e. The van der Waals surface area contributed by atoms with E-state index in [0.717, 1.165) is 56.3 Å². The lowest BCUT2D eigenvalue weighted by Crippen LogP contribution is -2.56. The second-order valence-corrected chi connectivity index (χ2v) is 13.2. The molecular weight excluding hydrogens is 616 g/mol. The van der Waals surface area contributed by atoms with Gasteiger partial charge in [0.25, 0.3) is 0 Å². The summed E-state index contributed by atoms with van der Waals surface area (Å²) in [7, 11) is 1.60. The topological polar surface area (TPSA) is 154 Å². The summed E-state index contributed by atoms with van der Waals surface area (Å²) in [4.78, 5) is 57.8. The molecule has 6 rings (SSSR count). The highest BCUT2D eigenvalue weighted by molar-refractivity contribution is 5.96. The number of alkyl carbamates (subject to hydrolysis) is 1. The van der Waals surface area contributed by atoms with E-state index >= 15 is 0 Å². The van der Waals surface area contributed by atoms with Crippen molar-refractivity contribution in [3.63, 3.8) is 0 Å². The highest BCUT2D eigenvalue weighted by Crippen LogP contribution is 2.46. The maximum Gasteiger partial charge on any atom is 0.408 e. The average molecular weight is 663 g/mol. The molecule has 2 aromatic rings. The lowest BCUT2D eigenvalue weighted by molar-refractivity contribution is -0.150. The van der Waals surface area contributed by atoms with Gasteiger partial charge in [-0.3, -0.25) is 9.59 Å². The van der Waals surface area contributed by atoms with E-state index in [0.29, 0.717) is 25.0 Å². The van der Waals surface area contributed by atoms with Crippen LogP contribution >= 0.6 is 0 Å². The third-order valence-electron chi connectivity index (χ3n) is 9.98. The third kappa shape index (κ3) is 7.34. The minimum Gasteiger partial charge on any atom is -0.497 e. The summed E-state index contributed by atoms with van der Waals surface area (Å²) in [6, 6.07) is 5.24. The van der Waals surface area contributed by atoms with Gasteiger partial charge in [0.2, 0.25) is 11.8 Å². The van der Waals surface area contributed by atoms with Gasteiger partial charge in [-0.15, -0.1) is 0 Å². The monoisotopic (exact) mass is 662 g/mol. The quantitative estimate of drug-likeness (QED) is 0.330. The number of nitrogens with zero attached hydrogens (tertiary/aromatic N) is 4. The molecule has 5 atom stereocenters. The number of amides is 3. The standard InChI is InChI=1S/C35H46N6O7/c1-3-47-33(44)35-20-24(35)11-7-5-4-6-8-14-28(37-34(45)48-27-12-9-10-13-27)32(43)40-22-25(19-30(40)31(42)38-35)41-36-21-29(39-41)23-15-17-26(46-2)18-16-23/h7,11,15-18,21,24-25,27-28,30H,3-6,8-10,12-14,19-20,22H2,1-2H3,(H,37,45)(H,38,42)/b11-7-/t24-,25-,28+,30+,35-/m1/s1. The number of allylic oxidation sites excluding steroid dienone is 1. The van der Waals surface area contributed by atoms with Gasteiger partial charge in [-0.25, -0.2) is 9.59 Å². The first-order valence-electron chi connectivity index (χ1n) is 17.3. The van der Waals surface area contributed by atoms with Gasteiger partial charge in [0.05, 0.1) is 26.0 Å². The molecule has 0 unspecified atom stereocenters. The van der Waals surface area contributed by atoms with Crippen LogP contribution in [0.5, 0.6) is 5.75 Å². The molecule has 3 heterocycles. The normalized spacial score (nSPS) is 28.7. The molecule has 2 N–H and O–H groups in total. The molecule has 1 aromatic carbocycles. The third-order valence-corrected chi connectivity index (χ3v) is 9.98. The Labute approximate surface area is 280 Å². The second kappa shape index (κ2) is 14.8. The van der Waals surface area contributed by atoms with Gasteiger partial charge in [-0.1, -0.05) is 25.0 Å². The molecular formula is C35H46N6O7. The predicted octanol–water partition coefficient (Wildman–Crippen LogP) is 4.09. The van der Waals surface area contributed by atoms with Crippen molar-refractivity contribution in [3.05, 3.63) is 42.6 Å². The number of hydrogen-bond donors (Lipinski definition) is 2. The maximum atomic E-state index is 14.4. The van der Waals surface area contributed by atoms with Crippen LogP contribution in [0.1, 0.15) is 83.6 Å². The zero-order valence-electron chi connectivity index (χ0n) is 27.8. The van der Waals surface area contributed by atoms with E-state index in [-0.39, 0.29) is 37.5 Å². The molecule has 3 fully saturated rings. The van der Waals surface area contributed by atoms with Crippen LogP contribution in [0.2, 0.25) is 0 Å². The number of nitrogens with one attached hydrogen (secondary N) is 2. The van der Waals surface area contributed by atoms with E-state index in [9.17, 15) is 19.2 Å². The second-order valence-electron chi connectivity index (χ2n) is 13.2. The molecule has 0 bridgehead atoms.